The first-order chi connectivity index (χ1) is 9.48. The second-order valence-corrected chi connectivity index (χ2v) is 8.13. The number of hydrazine groups is 1. The number of rotatable bonds is 7. The summed E-state index contributed by atoms with van der Waals surface area (Å²) in [6.07, 6.45) is 6.17. The Morgan fingerprint density at radius 1 is 1.30 bits per heavy atom. The maximum absolute atomic E-state index is 11.3. The zero-order chi connectivity index (χ0) is 14.6. The molecule has 5 heteroatoms. The fraction of sp³-hybridized carbons (Fsp3) is 0.600. The molecule has 112 valence electrons. The van der Waals surface area contributed by atoms with Gasteiger partial charge in [0, 0.05) is 23.5 Å². The molecule has 1 fully saturated rings. The summed E-state index contributed by atoms with van der Waals surface area (Å²) in [5, 5.41) is 0. The van der Waals surface area contributed by atoms with Crippen LogP contribution in [0.3, 0.4) is 0 Å². The zero-order valence-corrected chi connectivity index (χ0v) is 12.8. The number of nitrogens with one attached hydrogen (secondary N) is 1. The third kappa shape index (κ3) is 3.40. The van der Waals surface area contributed by atoms with Gasteiger partial charge in [-0.1, -0.05) is 36.8 Å². The Balaban J connectivity index is 2.08. The summed E-state index contributed by atoms with van der Waals surface area (Å²) in [6.45, 7) is 0. The molecule has 20 heavy (non-hydrogen) atoms. The molecule has 3 N–H and O–H groups in total. The van der Waals surface area contributed by atoms with Crippen LogP contribution in [0.15, 0.2) is 30.3 Å². The molecule has 1 atom stereocenters. The minimum atomic E-state index is -2.90. The highest BCUT2D eigenvalue weighted by Crippen LogP contribution is 2.47. The minimum Gasteiger partial charge on any atom is -0.271 e. The molecule has 1 unspecified atom stereocenters. The lowest BCUT2D eigenvalue weighted by Crippen LogP contribution is -2.55. The van der Waals surface area contributed by atoms with Gasteiger partial charge >= 0.3 is 0 Å². The molecule has 0 saturated heterocycles. The second-order valence-electron chi connectivity index (χ2n) is 5.87. The predicted molar refractivity (Wildman–Crippen MR) is 82.0 cm³/mol. The summed E-state index contributed by atoms with van der Waals surface area (Å²) in [5.41, 5.74) is 4.33. The van der Waals surface area contributed by atoms with E-state index in [2.05, 4.69) is 29.7 Å². The fourth-order valence-corrected chi connectivity index (χ4v) is 3.93. The van der Waals surface area contributed by atoms with E-state index in [1.807, 2.05) is 6.07 Å². The topological polar surface area (TPSA) is 72.2 Å². The van der Waals surface area contributed by atoms with Crippen LogP contribution in [0.4, 0.5) is 0 Å². The van der Waals surface area contributed by atoms with Gasteiger partial charge in [0.1, 0.15) is 9.84 Å². The highest BCUT2D eigenvalue weighted by Gasteiger charge is 2.44. The first kappa shape index (κ1) is 15.5. The Labute approximate surface area is 121 Å². The molecular weight excluding hydrogens is 272 g/mol. The molecular formula is C15H24N2O2S. The van der Waals surface area contributed by atoms with Crippen molar-refractivity contribution < 1.29 is 8.42 Å². The summed E-state index contributed by atoms with van der Waals surface area (Å²) >= 11 is 0. The standard InChI is InChI=1S/C15H24N2O2S/c1-20(18,19)12-5-9-14(17-16)15(10-6-11-15)13-7-3-2-4-8-13/h2-4,7-8,14,17H,5-6,9-12,16H2,1H3. The Hall–Kier alpha value is -0.910. The molecule has 0 amide bonds. The van der Waals surface area contributed by atoms with Crippen molar-refractivity contribution in [2.24, 2.45) is 5.84 Å². The van der Waals surface area contributed by atoms with Gasteiger partial charge in [0.25, 0.3) is 0 Å². The molecule has 0 bridgehead atoms. The van der Waals surface area contributed by atoms with Gasteiger partial charge in [-0.3, -0.25) is 11.3 Å². The molecule has 2 rings (SSSR count). The van der Waals surface area contributed by atoms with E-state index in [-0.39, 0.29) is 17.2 Å². The van der Waals surface area contributed by atoms with Gasteiger partial charge in [-0.25, -0.2) is 8.42 Å². The van der Waals surface area contributed by atoms with Gasteiger partial charge in [-0.05, 0) is 31.2 Å². The lowest BCUT2D eigenvalue weighted by atomic mass is 9.59. The van der Waals surface area contributed by atoms with E-state index in [1.54, 1.807) is 0 Å². The SMILES string of the molecule is CS(=O)(=O)CCCC(NN)C1(c2ccccc2)CCC1. The van der Waals surface area contributed by atoms with Crippen molar-refractivity contribution in [1.29, 1.82) is 0 Å². The quantitative estimate of drug-likeness (QED) is 0.594. The predicted octanol–water partition coefficient (Wildman–Crippen LogP) is 1.77. The van der Waals surface area contributed by atoms with E-state index in [0.717, 1.165) is 19.3 Å². The molecule has 0 spiro atoms. The van der Waals surface area contributed by atoms with Crippen LogP contribution in [0.25, 0.3) is 0 Å². The molecule has 1 saturated carbocycles. The Morgan fingerprint density at radius 2 is 1.95 bits per heavy atom. The van der Waals surface area contributed by atoms with E-state index in [0.29, 0.717) is 6.42 Å². The van der Waals surface area contributed by atoms with Gasteiger partial charge in [0.2, 0.25) is 0 Å². The Kier molecular flexibility index (Phi) is 4.83. The zero-order valence-electron chi connectivity index (χ0n) is 12.0. The van der Waals surface area contributed by atoms with Crippen molar-refractivity contribution in [3.8, 4) is 0 Å². The number of sulfone groups is 1. The van der Waals surface area contributed by atoms with E-state index >= 15 is 0 Å². The molecule has 1 aromatic carbocycles. The lowest BCUT2D eigenvalue weighted by molar-refractivity contribution is 0.161. The normalized spacial score (nSPS) is 19.3. The molecule has 1 aliphatic rings. The van der Waals surface area contributed by atoms with Gasteiger partial charge in [0.15, 0.2) is 0 Å². The Morgan fingerprint density at radius 3 is 2.40 bits per heavy atom. The molecule has 0 aliphatic heterocycles. The highest BCUT2D eigenvalue weighted by atomic mass is 32.2. The van der Waals surface area contributed by atoms with Gasteiger partial charge < -0.3 is 0 Å². The summed E-state index contributed by atoms with van der Waals surface area (Å²) in [5.74, 6) is 5.99. The first-order valence-electron chi connectivity index (χ1n) is 7.17. The van der Waals surface area contributed by atoms with E-state index in [9.17, 15) is 8.42 Å². The summed E-state index contributed by atoms with van der Waals surface area (Å²) in [6, 6.07) is 10.6. The van der Waals surface area contributed by atoms with Crippen LogP contribution in [0, 0.1) is 0 Å². The second kappa shape index (κ2) is 6.24. The maximum atomic E-state index is 11.3. The molecule has 0 aromatic heterocycles. The van der Waals surface area contributed by atoms with Crippen LogP contribution >= 0.6 is 0 Å². The third-order valence-corrected chi connectivity index (χ3v) is 5.50. The first-order valence-corrected chi connectivity index (χ1v) is 9.23. The third-order valence-electron chi connectivity index (χ3n) is 4.47. The van der Waals surface area contributed by atoms with Crippen molar-refractivity contribution in [3.63, 3.8) is 0 Å². The van der Waals surface area contributed by atoms with Crippen molar-refractivity contribution in [3.05, 3.63) is 35.9 Å². The van der Waals surface area contributed by atoms with Crippen molar-refractivity contribution >= 4 is 9.84 Å². The fourth-order valence-electron chi connectivity index (χ4n) is 3.23. The number of hydrogen-bond acceptors (Lipinski definition) is 4. The highest BCUT2D eigenvalue weighted by molar-refractivity contribution is 7.90. The van der Waals surface area contributed by atoms with E-state index in [1.165, 1.54) is 18.2 Å². The largest absolute Gasteiger partial charge is 0.271 e. The number of nitrogens with two attached hydrogens (primary N) is 1. The molecule has 1 aliphatic carbocycles. The average molecular weight is 296 g/mol. The van der Waals surface area contributed by atoms with Gasteiger partial charge in [-0.2, -0.15) is 0 Å². The van der Waals surface area contributed by atoms with Crippen LogP contribution in [0.1, 0.15) is 37.7 Å². The van der Waals surface area contributed by atoms with E-state index < -0.39 is 9.84 Å². The van der Waals surface area contributed by atoms with Crippen LogP contribution in [-0.4, -0.2) is 26.5 Å². The van der Waals surface area contributed by atoms with Crippen LogP contribution in [0.5, 0.6) is 0 Å². The van der Waals surface area contributed by atoms with Crippen LogP contribution in [0.2, 0.25) is 0 Å². The lowest BCUT2D eigenvalue weighted by Gasteiger charge is -2.48. The van der Waals surface area contributed by atoms with Gasteiger partial charge in [-0.15, -0.1) is 0 Å². The molecule has 0 radical (unpaired) electrons. The minimum absolute atomic E-state index is 0.0769. The maximum Gasteiger partial charge on any atom is 0.147 e. The Bertz CT molecular complexity index is 524. The number of benzene rings is 1. The smallest absolute Gasteiger partial charge is 0.147 e. The molecule has 4 nitrogen and oxygen atoms in total. The van der Waals surface area contributed by atoms with Crippen LogP contribution < -0.4 is 11.3 Å². The van der Waals surface area contributed by atoms with Crippen molar-refractivity contribution in [1.82, 2.24) is 5.43 Å². The molecule has 1 aromatic rings. The summed E-state index contributed by atoms with van der Waals surface area (Å²) in [4.78, 5) is 0. The molecule has 0 heterocycles. The van der Waals surface area contributed by atoms with Gasteiger partial charge in [0.05, 0.1) is 0 Å². The average Bonchev–Trinajstić information content (AvgIpc) is 2.35. The number of hydrogen-bond donors (Lipinski definition) is 2. The summed E-state index contributed by atoms with van der Waals surface area (Å²) < 4.78 is 22.5. The van der Waals surface area contributed by atoms with E-state index in [4.69, 9.17) is 5.84 Å². The summed E-state index contributed by atoms with van der Waals surface area (Å²) in [7, 11) is -2.90. The monoisotopic (exact) mass is 296 g/mol. The van der Waals surface area contributed by atoms with Crippen LogP contribution in [-0.2, 0) is 15.3 Å². The van der Waals surface area contributed by atoms with Crippen molar-refractivity contribution in [2.45, 2.75) is 43.6 Å². The van der Waals surface area contributed by atoms with Crippen molar-refractivity contribution in [2.75, 3.05) is 12.0 Å².